The number of carbonyl (C=O) groups is 3. The van der Waals surface area contributed by atoms with Crippen LogP contribution in [-0.2, 0) is 19.1 Å². The Morgan fingerprint density at radius 2 is 1.75 bits per heavy atom. The first-order chi connectivity index (χ1) is 13.3. The molecule has 0 spiro atoms. The van der Waals surface area contributed by atoms with Crippen LogP contribution < -0.4 is 10.1 Å². The van der Waals surface area contributed by atoms with Gasteiger partial charge >= 0.3 is 5.97 Å². The predicted octanol–water partition coefficient (Wildman–Crippen LogP) is 2.50. The lowest BCUT2D eigenvalue weighted by Crippen LogP contribution is -2.37. The Bertz CT molecular complexity index is 844. The molecule has 0 heterocycles. The third-order valence-electron chi connectivity index (χ3n) is 3.48. The van der Waals surface area contributed by atoms with Gasteiger partial charge in [-0.3, -0.25) is 9.59 Å². The van der Waals surface area contributed by atoms with Crippen molar-refractivity contribution in [1.29, 1.82) is 0 Å². The molecule has 0 aliphatic rings. The Morgan fingerprint density at radius 3 is 2.43 bits per heavy atom. The summed E-state index contributed by atoms with van der Waals surface area (Å²) < 4.78 is 22.7. The molecule has 2 aromatic carbocycles. The van der Waals surface area contributed by atoms with Crippen LogP contribution in [0.1, 0.15) is 0 Å². The number of likely N-dealkylation sites (N-methyl/N-ethyl adjacent to an activating group) is 1. The van der Waals surface area contributed by atoms with E-state index in [-0.39, 0.29) is 12.3 Å². The summed E-state index contributed by atoms with van der Waals surface area (Å²) in [7, 11) is 1.40. The molecule has 2 aromatic rings. The first kappa shape index (κ1) is 21.2. The number of amides is 2. The van der Waals surface area contributed by atoms with Gasteiger partial charge in [-0.25, -0.2) is 9.18 Å². The van der Waals surface area contributed by atoms with Crippen LogP contribution in [0.2, 0.25) is 5.02 Å². The van der Waals surface area contributed by atoms with Crippen LogP contribution in [-0.4, -0.2) is 49.5 Å². The van der Waals surface area contributed by atoms with Crippen LogP contribution in [0, 0.1) is 5.82 Å². The summed E-state index contributed by atoms with van der Waals surface area (Å²) in [6.07, 6.45) is 0. The number of rotatable bonds is 8. The highest BCUT2D eigenvalue weighted by Crippen LogP contribution is 2.20. The normalized spacial score (nSPS) is 10.1. The van der Waals surface area contributed by atoms with Crippen molar-refractivity contribution in [3.63, 3.8) is 0 Å². The number of hydrogen-bond donors (Lipinski definition) is 1. The number of ether oxygens (including phenoxy) is 2. The predicted molar refractivity (Wildman–Crippen MR) is 101 cm³/mol. The van der Waals surface area contributed by atoms with Crippen molar-refractivity contribution >= 4 is 35.1 Å². The highest BCUT2D eigenvalue weighted by Gasteiger charge is 2.16. The van der Waals surface area contributed by atoms with Gasteiger partial charge in [0.2, 0.25) is 5.91 Å². The van der Waals surface area contributed by atoms with E-state index in [9.17, 15) is 18.8 Å². The van der Waals surface area contributed by atoms with Crippen LogP contribution in [0.5, 0.6) is 5.75 Å². The second-order valence-corrected chi connectivity index (χ2v) is 6.09. The van der Waals surface area contributed by atoms with Gasteiger partial charge in [0.15, 0.2) is 13.2 Å². The Kier molecular flexibility index (Phi) is 7.76. The molecule has 2 amide bonds. The Balaban J connectivity index is 1.71. The monoisotopic (exact) mass is 408 g/mol. The van der Waals surface area contributed by atoms with E-state index in [1.807, 2.05) is 0 Å². The van der Waals surface area contributed by atoms with Gasteiger partial charge in [0.1, 0.15) is 11.6 Å². The maximum atomic E-state index is 12.8. The third-order valence-corrected chi connectivity index (χ3v) is 3.81. The van der Waals surface area contributed by atoms with Gasteiger partial charge in [-0.2, -0.15) is 0 Å². The number of hydrogen-bond acceptors (Lipinski definition) is 5. The minimum atomic E-state index is -0.772. The topological polar surface area (TPSA) is 84.9 Å². The highest BCUT2D eigenvalue weighted by molar-refractivity contribution is 6.33. The first-order valence-corrected chi connectivity index (χ1v) is 8.55. The zero-order chi connectivity index (χ0) is 20.5. The Morgan fingerprint density at radius 1 is 1.07 bits per heavy atom. The molecule has 0 fully saturated rings. The van der Waals surface area contributed by atoms with Gasteiger partial charge in [0.25, 0.3) is 5.91 Å². The highest BCUT2D eigenvalue weighted by atomic mass is 35.5. The molecule has 0 bridgehead atoms. The van der Waals surface area contributed by atoms with Crippen molar-refractivity contribution in [3.05, 3.63) is 59.4 Å². The van der Waals surface area contributed by atoms with Crippen molar-refractivity contribution in [2.45, 2.75) is 0 Å². The Hall–Kier alpha value is -3.13. The van der Waals surface area contributed by atoms with Gasteiger partial charge in [0, 0.05) is 7.05 Å². The first-order valence-electron chi connectivity index (χ1n) is 8.17. The summed E-state index contributed by atoms with van der Waals surface area (Å²) in [5, 5.41) is 2.96. The van der Waals surface area contributed by atoms with Crippen LogP contribution in [0.3, 0.4) is 0 Å². The fourth-order valence-corrected chi connectivity index (χ4v) is 2.21. The summed E-state index contributed by atoms with van der Waals surface area (Å²) in [4.78, 5) is 36.7. The van der Waals surface area contributed by atoms with E-state index in [4.69, 9.17) is 21.1 Å². The van der Waals surface area contributed by atoms with E-state index in [0.29, 0.717) is 10.7 Å². The molecule has 0 radical (unpaired) electrons. The molecule has 0 unspecified atom stereocenters. The molecule has 0 saturated heterocycles. The van der Waals surface area contributed by atoms with Crippen molar-refractivity contribution in [2.75, 3.05) is 32.1 Å². The lowest BCUT2D eigenvalue weighted by molar-refractivity contribution is -0.153. The van der Waals surface area contributed by atoms with Crippen LogP contribution in [0.4, 0.5) is 10.1 Å². The quantitative estimate of drug-likeness (QED) is 0.678. The summed E-state index contributed by atoms with van der Waals surface area (Å²) in [5.74, 6) is -1.92. The van der Waals surface area contributed by atoms with Crippen LogP contribution in [0.15, 0.2) is 48.5 Å². The number of anilines is 1. The van der Waals surface area contributed by atoms with Crippen molar-refractivity contribution < 1.29 is 28.2 Å². The molecular weight excluding hydrogens is 391 g/mol. The average molecular weight is 409 g/mol. The number of para-hydroxylation sites is 1. The second-order valence-electron chi connectivity index (χ2n) is 5.68. The molecular formula is C19H18ClFN2O5. The third kappa shape index (κ3) is 6.88. The molecule has 1 N–H and O–H groups in total. The summed E-state index contributed by atoms with van der Waals surface area (Å²) in [6.45, 7) is -1.22. The molecule has 7 nitrogen and oxygen atoms in total. The molecule has 0 aromatic heterocycles. The SMILES string of the molecule is CN(CC(=O)Nc1ccccc1Cl)C(=O)COC(=O)COc1ccc(F)cc1. The maximum Gasteiger partial charge on any atom is 0.344 e. The zero-order valence-electron chi connectivity index (χ0n) is 15.0. The minimum Gasteiger partial charge on any atom is -0.482 e. The van der Waals surface area contributed by atoms with Gasteiger partial charge in [0.05, 0.1) is 17.3 Å². The minimum absolute atomic E-state index is 0.242. The lowest BCUT2D eigenvalue weighted by atomic mass is 10.3. The van der Waals surface area contributed by atoms with Gasteiger partial charge in [-0.15, -0.1) is 0 Å². The number of nitrogens with one attached hydrogen (secondary N) is 1. The smallest absolute Gasteiger partial charge is 0.344 e. The number of benzene rings is 2. The fraction of sp³-hybridized carbons (Fsp3) is 0.211. The average Bonchev–Trinajstić information content (AvgIpc) is 2.67. The van der Waals surface area contributed by atoms with Crippen LogP contribution in [0.25, 0.3) is 0 Å². The summed E-state index contributed by atoms with van der Waals surface area (Å²) in [6, 6.07) is 11.8. The van der Waals surface area contributed by atoms with Gasteiger partial charge in [-0.1, -0.05) is 23.7 Å². The summed E-state index contributed by atoms with van der Waals surface area (Å²) in [5.41, 5.74) is 0.430. The van der Waals surface area contributed by atoms with E-state index < -0.39 is 36.8 Å². The number of nitrogens with zero attached hydrogens (tertiary/aromatic N) is 1. The fourth-order valence-electron chi connectivity index (χ4n) is 2.02. The van der Waals surface area contributed by atoms with Crippen LogP contribution >= 0.6 is 11.6 Å². The number of carbonyl (C=O) groups excluding carboxylic acids is 3. The molecule has 9 heteroatoms. The van der Waals surface area contributed by atoms with E-state index in [0.717, 1.165) is 4.90 Å². The summed E-state index contributed by atoms with van der Waals surface area (Å²) >= 11 is 5.95. The van der Waals surface area contributed by atoms with E-state index in [1.54, 1.807) is 24.3 Å². The molecule has 0 aliphatic carbocycles. The molecule has 2 rings (SSSR count). The molecule has 0 aliphatic heterocycles. The zero-order valence-corrected chi connectivity index (χ0v) is 15.7. The second kappa shape index (κ2) is 10.3. The largest absolute Gasteiger partial charge is 0.482 e. The van der Waals surface area contributed by atoms with E-state index >= 15 is 0 Å². The molecule has 148 valence electrons. The van der Waals surface area contributed by atoms with Crippen molar-refractivity contribution in [2.24, 2.45) is 0 Å². The van der Waals surface area contributed by atoms with Crippen molar-refractivity contribution in [1.82, 2.24) is 4.90 Å². The van der Waals surface area contributed by atoms with Crippen molar-refractivity contribution in [3.8, 4) is 5.75 Å². The van der Waals surface area contributed by atoms with E-state index in [2.05, 4.69) is 5.32 Å². The van der Waals surface area contributed by atoms with Gasteiger partial charge < -0.3 is 19.7 Å². The molecule has 28 heavy (non-hydrogen) atoms. The maximum absolute atomic E-state index is 12.8. The number of halogens is 2. The Labute approximate surface area is 166 Å². The number of esters is 1. The van der Waals surface area contributed by atoms with Gasteiger partial charge in [-0.05, 0) is 36.4 Å². The van der Waals surface area contributed by atoms with E-state index in [1.165, 1.54) is 31.3 Å². The standard InChI is InChI=1S/C19H18ClFN2O5/c1-23(10-17(24)22-16-5-3-2-4-15(16)20)18(25)11-28-19(26)12-27-14-8-6-13(21)7-9-14/h2-9H,10-12H2,1H3,(H,22,24). The molecule has 0 atom stereocenters. The molecule has 0 saturated carbocycles. The lowest BCUT2D eigenvalue weighted by Gasteiger charge is -2.17.